The number of hydrogen-bond donors (Lipinski definition) is 1. The van der Waals surface area contributed by atoms with Gasteiger partial charge in [0.25, 0.3) is 0 Å². The predicted molar refractivity (Wildman–Crippen MR) is 79.5 cm³/mol. The lowest BCUT2D eigenvalue weighted by atomic mass is 9.76. The van der Waals surface area contributed by atoms with E-state index in [4.69, 9.17) is 9.88 Å². The van der Waals surface area contributed by atoms with Gasteiger partial charge in [0.2, 0.25) is 10.0 Å². The average molecular weight is 315 g/mol. The van der Waals surface area contributed by atoms with Crippen LogP contribution in [0.2, 0.25) is 0 Å². The fourth-order valence-electron chi connectivity index (χ4n) is 3.05. The molecule has 2 N–H and O–H groups in total. The highest BCUT2D eigenvalue weighted by Crippen LogP contribution is 2.37. The third kappa shape index (κ3) is 5.05. The number of nitrogens with two attached hydrogens (primary N) is 1. The van der Waals surface area contributed by atoms with Crippen LogP contribution in [-0.4, -0.2) is 20.8 Å². The predicted octanol–water partition coefficient (Wildman–Crippen LogP) is 2.58. The van der Waals surface area contributed by atoms with Crippen LogP contribution in [0.1, 0.15) is 37.7 Å². The lowest BCUT2D eigenvalue weighted by Gasteiger charge is -2.36. The molecule has 4 nitrogen and oxygen atoms in total. The highest BCUT2D eigenvalue weighted by molar-refractivity contribution is 7.89. The standard InChI is InChI=1S/C15H22FNO3S/c16-14-7-3-2-6-13(14)10-20-11-15(12-21(17,18)19)8-4-1-5-9-15/h2-3,6-7H,1,4-5,8-12H2,(H2,17,18,19). The van der Waals surface area contributed by atoms with Crippen LogP contribution in [0, 0.1) is 11.2 Å². The van der Waals surface area contributed by atoms with Gasteiger partial charge in [-0.1, -0.05) is 37.5 Å². The van der Waals surface area contributed by atoms with Crippen molar-refractivity contribution in [2.45, 2.75) is 38.7 Å². The summed E-state index contributed by atoms with van der Waals surface area (Å²) in [7, 11) is -3.54. The molecular formula is C15H22FNO3S. The monoisotopic (exact) mass is 315 g/mol. The van der Waals surface area contributed by atoms with Crippen molar-refractivity contribution in [3.8, 4) is 0 Å². The van der Waals surface area contributed by atoms with E-state index < -0.39 is 15.4 Å². The molecule has 0 radical (unpaired) electrons. The van der Waals surface area contributed by atoms with Gasteiger partial charge in [0, 0.05) is 11.0 Å². The van der Waals surface area contributed by atoms with Crippen LogP contribution in [0.5, 0.6) is 0 Å². The largest absolute Gasteiger partial charge is 0.376 e. The van der Waals surface area contributed by atoms with Crippen LogP contribution in [0.15, 0.2) is 24.3 Å². The van der Waals surface area contributed by atoms with Crippen LogP contribution in [-0.2, 0) is 21.4 Å². The Morgan fingerprint density at radius 1 is 1.19 bits per heavy atom. The zero-order valence-electron chi connectivity index (χ0n) is 12.1. The maximum Gasteiger partial charge on any atom is 0.209 e. The molecule has 21 heavy (non-hydrogen) atoms. The number of benzene rings is 1. The van der Waals surface area contributed by atoms with Gasteiger partial charge in [0.05, 0.1) is 19.0 Å². The molecule has 1 aliphatic carbocycles. The first-order valence-electron chi connectivity index (χ1n) is 7.22. The molecule has 6 heteroatoms. The molecule has 0 amide bonds. The van der Waals surface area contributed by atoms with Crippen molar-refractivity contribution in [2.75, 3.05) is 12.4 Å². The Labute approximate surface area is 125 Å². The molecule has 0 heterocycles. The van der Waals surface area contributed by atoms with Gasteiger partial charge in [-0.15, -0.1) is 0 Å². The second-order valence-corrected chi connectivity index (χ2v) is 7.57. The molecule has 1 aromatic rings. The Bertz CT molecular complexity index is 568. The minimum atomic E-state index is -3.54. The first-order valence-corrected chi connectivity index (χ1v) is 8.93. The molecule has 0 spiro atoms. The van der Waals surface area contributed by atoms with E-state index in [1.165, 1.54) is 6.07 Å². The number of halogens is 1. The Hall–Kier alpha value is -0.980. The Morgan fingerprint density at radius 2 is 1.86 bits per heavy atom. The summed E-state index contributed by atoms with van der Waals surface area (Å²) in [5, 5.41) is 5.22. The SMILES string of the molecule is NS(=O)(=O)CC1(COCc2ccccc2F)CCCCC1. The topological polar surface area (TPSA) is 69.4 Å². The number of hydrogen-bond acceptors (Lipinski definition) is 3. The van der Waals surface area contributed by atoms with E-state index in [0.717, 1.165) is 32.1 Å². The first-order chi connectivity index (χ1) is 9.90. The highest BCUT2D eigenvalue weighted by atomic mass is 32.2. The van der Waals surface area contributed by atoms with Crippen LogP contribution < -0.4 is 5.14 Å². The lowest BCUT2D eigenvalue weighted by Crippen LogP contribution is -2.39. The van der Waals surface area contributed by atoms with E-state index in [1.54, 1.807) is 18.2 Å². The number of sulfonamides is 1. The summed E-state index contributed by atoms with van der Waals surface area (Å²) in [6, 6.07) is 6.44. The average Bonchev–Trinajstić information content (AvgIpc) is 2.40. The summed E-state index contributed by atoms with van der Waals surface area (Å²) in [5.41, 5.74) is 0.0657. The van der Waals surface area contributed by atoms with E-state index in [-0.39, 0.29) is 18.2 Å². The molecule has 1 fully saturated rings. The second kappa shape index (κ2) is 6.85. The van der Waals surface area contributed by atoms with E-state index in [2.05, 4.69) is 0 Å². The maximum absolute atomic E-state index is 13.5. The molecule has 0 atom stereocenters. The summed E-state index contributed by atoms with van der Waals surface area (Å²) in [4.78, 5) is 0. The van der Waals surface area contributed by atoms with Gasteiger partial charge in [0.1, 0.15) is 5.82 Å². The fourth-order valence-corrected chi connectivity index (χ4v) is 4.28. The molecule has 0 unspecified atom stereocenters. The van der Waals surface area contributed by atoms with Crippen molar-refractivity contribution < 1.29 is 17.5 Å². The summed E-state index contributed by atoms with van der Waals surface area (Å²) < 4.78 is 42.1. The van der Waals surface area contributed by atoms with Gasteiger partial charge >= 0.3 is 0 Å². The molecular weight excluding hydrogens is 293 g/mol. The van der Waals surface area contributed by atoms with Crippen molar-refractivity contribution in [3.05, 3.63) is 35.6 Å². The normalized spacial score (nSPS) is 18.6. The molecule has 1 aromatic carbocycles. The molecule has 1 saturated carbocycles. The van der Waals surface area contributed by atoms with Gasteiger partial charge < -0.3 is 4.74 Å². The summed E-state index contributed by atoms with van der Waals surface area (Å²) in [6.07, 6.45) is 4.66. The molecule has 0 aliphatic heterocycles. The Kier molecular flexibility index (Phi) is 5.35. The van der Waals surface area contributed by atoms with Crippen molar-refractivity contribution in [3.63, 3.8) is 0 Å². The summed E-state index contributed by atoms with van der Waals surface area (Å²) in [5.74, 6) is -0.362. The van der Waals surface area contributed by atoms with Crippen molar-refractivity contribution in [2.24, 2.45) is 10.6 Å². The lowest BCUT2D eigenvalue weighted by molar-refractivity contribution is 0.0229. The number of ether oxygens (including phenoxy) is 1. The first kappa shape index (κ1) is 16.4. The van der Waals surface area contributed by atoms with Crippen LogP contribution >= 0.6 is 0 Å². The third-order valence-corrected chi connectivity index (χ3v) is 5.06. The molecule has 0 aromatic heterocycles. The minimum Gasteiger partial charge on any atom is -0.376 e. The van der Waals surface area contributed by atoms with Crippen LogP contribution in [0.4, 0.5) is 4.39 Å². The summed E-state index contributed by atoms with van der Waals surface area (Å²) in [6.45, 7) is 0.455. The van der Waals surface area contributed by atoms with Crippen LogP contribution in [0.25, 0.3) is 0 Å². The van der Waals surface area contributed by atoms with E-state index >= 15 is 0 Å². The van der Waals surface area contributed by atoms with Crippen molar-refractivity contribution >= 4 is 10.0 Å². The van der Waals surface area contributed by atoms with Crippen molar-refractivity contribution in [1.82, 2.24) is 0 Å². The van der Waals surface area contributed by atoms with Gasteiger partial charge in [-0.25, -0.2) is 17.9 Å². The molecule has 2 rings (SSSR count). The number of primary sulfonamides is 1. The maximum atomic E-state index is 13.5. The molecule has 0 saturated heterocycles. The second-order valence-electron chi connectivity index (χ2n) is 5.95. The smallest absolute Gasteiger partial charge is 0.209 e. The summed E-state index contributed by atoms with van der Waals surface area (Å²) >= 11 is 0. The van der Waals surface area contributed by atoms with E-state index in [9.17, 15) is 12.8 Å². The zero-order valence-corrected chi connectivity index (χ0v) is 12.9. The molecule has 1 aliphatic rings. The highest BCUT2D eigenvalue weighted by Gasteiger charge is 2.36. The Morgan fingerprint density at radius 3 is 2.48 bits per heavy atom. The molecule has 118 valence electrons. The molecule has 0 bridgehead atoms. The quantitative estimate of drug-likeness (QED) is 0.877. The minimum absolute atomic E-state index is 0.0583. The van der Waals surface area contributed by atoms with Gasteiger partial charge in [-0.3, -0.25) is 0 Å². The number of rotatable bonds is 6. The van der Waals surface area contributed by atoms with Gasteiger partial charge in [-0.05, 0) is 18.9 Å². The van der Waals surface area contributed by atoms with Crippen LogP contribution in [0.3, 0.4) is 0 Å². The van der Waals surface area contributed by atoms with Gasteiger partial charge in [0.15, 0.2) is 0 Å². The third-order valence-electron chi connectivity index (χ3n) is 4.05. The van der Waals surface area contributed by atoms with Crippen molar-refractivity contribution in [1.29, 1.82) is 0 Å². The fraction of sp³-hybridized carbons (Fsp3) is 0.600. The van der Waals surface area contributed by atoms with Gasteiger partial charge in [-0.2, -0.15) is 0 Å². The van der Waals surface area contributed by atoms with E-state index in [0.29, 0.717) is 12.2 Å². The van der Waals surface area contributed by atoms with E-state index in [1.807, 2.05) is 0 Å². The zero-order chi connectivity index (χ0) is 15.3. The Balaban J connectivity index is 1.98.